The lowest BCUT2D eigenvalue weighted by Crippen LogP contribution is -2.15. The van der Waals surface area contributed by atoms with Gasteiger partial charge in [0.1, 0.15) is 5.76 Å². The van der Waals surface area contributed by atoms with Crippen molar-refractivity contribution < 1.29 is 9.26 Å². The minimum absolute atomic E-state index is 0.223. The number of nitrogen functional groups attached to an aromatic ring is 1. The molecule has 0 aliphatic carbocycles. The van der Waals surface area contributed by atoms with Crippen LogP contribution in [0.2, 0.25) is 0 Å². The van der Waals surface area contributed by atoms with Gasteiger partial charge in [-0.2, -0.15) is 15.0 Å². The van der Waals surface area contributed by atoms with Crippen molar-refractivity contribution in [3.8, 4) is 6.01 Å². The van der Waals surface area contributed by atoms with E-state index in [1.54, 1.807) is 0 Å². The fourth-order valence-electron chi connectivity index (χ4n) is 1.68. The maximum Gasteiger partial charge on any atom is 0.323 e. The fraction of sp³-hybridized carbons (Fsp3) is 0.500. The van der Waals surface area contributed by atoms with Crippen molar-refractivity contribution >= 4 is 11.9 Å². The van der Waals surface area contributed by atoms with E-state index in [1.165, 1.54) is 0 Å². The Labute approximate surface area is 122 Å². The molecule has 21 heavy (non-hydrogen) atoms. The highest BCUT2D eigenvalue weighted by Gasteiger charge is 2.11. The van der Waals surface area contributed by atoms with Crippen molar-refractivity contribution in [2.75, 3.05) is 17.3 Å². The van der Waals surface area contributed by atoms with E-state index in [9.17, 15) is 0 Å². The largest absolute Gasteiger partial charge is 0.463 e. The van der Waals surface area contributed by atoms with Crippen LogP contribution in [0.25, 0.3) is 0 Å². The average Bonchev–Trinajstić information content (AvgIpc) is 2.81. The Balaban J connectivity index is 2.11. The highest BCUT2D eigenvalue weighted by atomic mass is 16.5. The van der Waals surface area contributed by atoms with Gasteiger partial charge in [-0.15, -0.1) is 0 Å². The normalized spacial score (nSPS) is 10.5. The molecule has 4 N–H and O–H groups in total. The Morgan fingerprint density at radius 3 is 2.57 bits per heavy atom. The second kappa shape index (κ2) is 6.84. The van der Waals surface area contributed by atoms with E-state index in [0.29, 0.717) is 19.1 Å². The van der Waals surface area contributed by atoms with Gasteiger partial charge in [-0.05, 0) is 20.3 Å². The molecule has 0 unspecified atom stereocenters. The van der Waals surface area contributed by atoms with Gasteiger partial charge in [-0.25, -0.2) is 5.84 Å². The van der Waals surface area contributed by atoms with Crippen molar-refractivity contribution in [1.82, 2.24) is 20.1 Å². The molecular weight excluding hydrogens is 274 g/mol. The molecular formula is C12H19N7O2. The number of hydrogen-bond acceptors (Lipinski definition) is 9. The summed E-state index contributed by atoms with van der Waals surface area (Å²) in [5.74, 6) is 6.70. The zero-order valence-corrected chi connectivity index (χ0v) is 12.3. The van der Waals surface area contributed by atoms with Gasteiger partial charge in [-0.1, -0.05) is 12.1 Å². The van der Waals surface area contributed by atoms with E-state index < -0.39 is 0 Å². The van der Waals surface area contributed by atoms with Crippen LogP contribution in [0.3, 0.4) is 0 Å². The second-order valence-corrected chi connectivity index (χ2v) is 4.41. The highest BCUT2D eigenvalue weighted by molar-refractivity contribution is 5.36. The molecule has 0 saturated heterocycles. The molecule has 0 spiro atoms. The van der Waals surface area contributed by atoms with E-state index in [1.807, 2.05) is 20.8 Å². The van der Waals surface area contributed by atoms with E-state index in [2.05, 4.69) is 30.9 Å². The lowest BCUT2D eigenvalue weighted by atomic mass is 10.2. The molecule has 2 rings (SSSR count). The van der Waals surface area contributed by atoms with Gasteiger partial charge >= 0.3 is 6.01 Å². The maximum atomic E-state index is 5.39. The predicted molar refractivity (Wildman–Crippen MR) is 76.7 cm³/mol. The highest BCUT2D eigenvalue weighted by Crippen LogP contribution is 2.15. The number of rotatable bonds is 7. The van der Waals surface area contributed by atoms with Gasteiger partial charge in [0.05, 0.1) is 12.3 Å². The number of aromatic nitrogens is 4. The van der Waals surface area contributed by atoms with Gasteiger partial charge in [0, 0.05) is 12.1 Å². The average molecular weight is 293 g/mol. The van der Waals surface area contributed by atoms with Gasteiger partial charge in [0.25, 0.3) is 0 Å². The molecule has 9 heteroatoms. The van der Waals surface area contributed by atoms with Gasteiger partial charge in [0.2, 0.25) is 11.9 Å². The fourth-order valence-corrected chi connectivity index (χ4v) is 1.68. The molecule has 2 heterocycles. The molecule has 0 atom stereocenters. The molecule has 0 aliphatic rings. The number of aryl methyl sites for hydroxylation is 2. The van der Waals surface area contributed by atoms with Crippen LogP contribution in [-0.2, 0) is 6.54 Å². The Morgan fingerprint density at radius 1 is 1.19 bits per heavy atom. The molecule has 0 fully saturated rings. The molecule has 9 nitrogen and oxygen atoms in total. The van der Waals surface area contributed by atoms with Crippen LogP contribution in [0.4, 0.5) is 11.9 Å². The topological polar surface area (TPSA) is 124 Å². The molecule has 0 amide bonds. The van der Waals surface area contributed by atoms with Crippen molar-refractivity contribution in [3.63, 3.8) is 0 Å². The molecule has 2 aromatic heterocycles. The number of ether oxygens (including phenoxy) is 1. The first-order valence-electron chi connectivity index (χ1n) is 6.65. The molecule has 0 aromatic carbocycles. The van der Waals surface area contributed by atoms with Crippen molar-refractivity contribution in [2.24, 2.45) is 5.84 Å². The number of nitrogens with two attached hydrogens (primary N) is 1. The van der Waals surface area contributed by atoms with E-state index in [-0.39, 0.29) is 12.0 Å². The third-order valence-electron chi connectivity index (χ3n) is 2.78. The quantitative estimate of drug-likeness (QED) is 0.509. The van der Waals surface area contributed by atoms with Gasteiger partial charge in [-0.3, -0.25) is 5.43 Å². The Morgan fingerprint density at radius 2 is 1.95 bits per heavy atom. The summed E-state index contributed by atoms with van der Waals surface area (Å²) in [7, 11) is 0. The van der Waals surface area contributed by atoms with Crippen LogP contribution in [0, 0.1) is 13.8 Å². The lowest BCUT2D eigenvalue weighted by molar-refractivity contribution is 0.292. The second-order valence-electron chi connectivity index (χ2n) is 4.41. The third kappa shape index (κ3) is 3.78. The summed E-state index contributed by atoms with van der Waals surface area (Å²) in [4.78, 5) is 12.3. The zero-order valence-electron chi connectivity index (χ0n) is 12.3. The van der Waals surface area contributed by atoms with Crippen LogP contribution < -0.4 is 21.3 Å². The number of hydrogen-bond donors (Lipinski definition) is 3. The van der Waals surface area contributed by atoms with Crippen LogP contribution in [0.5, 0.6) is 6.01 Å². The number of hydrazine groups is 1. The van der Waals surface area contributed by atoms with Crippen molar-refractivity contribution in [1.29, 1.82) is 0 Å². The van der Waals surface area contributed by atoms with E-state index in [0.717, 1.165) is 23.4 Å². The van der Waals surface area contributed by atoms with Crippen molar-refractivity contribution in [3.05, 3.63) is 17.0 Å². The van der Waals surface area contributed by atoms with E-state index >= 15 is 0 Å². The first-order valence-corrected chi connectivity index (χ1v) is 6.65. The van der Waals surface area contributed by atoms with Crippen LogP contribution in [-0.4, -0.2) is 26.7 Å². The van der Waals surface area contributed by atoms with Gasteiger partial charge < -0.3 is 14.6 Å². The first-order chi connectivity index (χ1) is 10.1. The molecule has 2 aromatic rings. The van der Waals surface area contributed by atoms with Crippen LogP contribution in [0.15, 0.2) is 4.52 Å². The minimum atomic E-state index is 0.223. The Kier molecular flexibility index (Phi) is 4.88. The first kappa shape index (κ1) is 15.0. The standard InChI is InChI=1S/C12H19N7O2/c1-4-5-20-12-16-10(15-11(17-12)18-13)14-6-9-7(2)19-21-8(9)3/h4-6,13H2,1-3H3,(H2,14,15,16,17,18). The number of anilines is 2. The summed E-state index contributed by atoms with van der Waals surface area (Å²) in [6, 6.07) is 0.223. The Hall–Kier alpha value is -2.42. The van der Waals surface area contributed by atoms with Crippen LogP contribution in [0.1, 0.15) is 30.4 Å². The van der Waals surface area contributed by atoms with Crippen molar-refractivity contribution in [2.45, 2.75) is 33.7 Å². The lowest BCUT2D eigenvalue weighted by Gasteiger charge is -2.08. The molecule has 0 aliphatic heterocycles. The summed E-state index contributed by atoms with van der Waals surface area (Å²) in [5, 5.41) is 6.98. The summed E-state index contributed by atoms with van der Waals surface area (Å²) >= 11 is 0. The monoisotopic (exact) mass is 293 g/mol. The summed E-state index contributed by atoms with van der Waals surface area (Å²) in [6.07, 6.45) is 0.860. The number of nitrogens with one attached hydrogen (secondary N) is 2. The summed E-state index contributed by atoms with van der Waals surface area (Å²) < 4.78 is 10.5. The smallest absolute Gasteiger partial charge is 0.323 e. The summed E-state index contributed by atoms with van der Waals surface area (Å²) in [5.41, 5.74) is 4.18. The van der Waals surface area contributed by atoms with Gasteiger partial charge in [0.15, 0.2) is 0 Å². The predicted octanol–water partition coefficient (Wildman–Crippen LogP) is 1.16. The number of nitrogens with zero attached hydrogens (tertiary/aromatic N) is 4. The maximum absolute atomic E-state index is 5.39. The van der Waals surface area contributed by atoms with E-state index in [4.69, 9.17) is 15.1 Å². The Bertz CT molecular complexity index is 580. The molecule has 0 radical (unpaired) electrons. The third-order valence-corrected chi connectivity index (χ3v) is 2.78. The molecule has 0 bridgehead atoms. The SMILES string of the molecule is CCCOc1nc(NN)nc(NCc2c(C)noc2C)n1. The minimum Gasteiger partial charge on any atom is -0.463 e. The zero-order chi connectivity index (χ0) is 15.2. The summed E-state index contributed by atoms with van der Waals surface area (Å²) in [6.45, 7) is 6.75. The molecule has 114 valence electrons. The van der Waals surface area contributed by atoms with Crippen LogP contribution >= 0.6 is 0 Å². The molecule has 0 saturated carbocycles.